The summed E-state index contributed by atoms with van der Waals surface area (Å²) in [6, 6.07) is 12.6. The Balaban J connectivity index is 1.88. The number of hydrogen-bond acceptors (Lipinski definition) is 5. The highest BCUT2D eigenvalue weighted by Crippen LogP contribution is 2.37. The van der Waals surface area contributed by atoms with Crippen molar-refractivity contribution >= 4 is 60.8 Å². The zero-order chi connectivity index (χ0) is 19.6. The van der Waals surface area contributed by atoms with Crippen molar-refractivity contribution in [3.8, 4) is 11.8 Å². The lowest BCUT2D eigenvalue weighted by atomic mass is 10.1. The van der Waals surface area contributed by atoms with E-state index in [2.05, 4.69) is 37.9 Å². The van der Waals surface area contributed by atoms with Crippen molar-refractivity contribution in [1.82, 2.24) is 4.90 Å². The van der Waals surface area contributed by atoms with Crippen molar-refractivity contribution in [3.05, 3.63) is 66.9 Å². The largest absolute Gasteiger partial charge is 0.494 e. The van der Waals surface area contributed by atoms with Crippen LogP contribution in [0, 0.1) is 11.3 Å². The molecule has 0 radical (unpaired) electrons. The van der Waals surface area contributed by atoms with Crippen molar-refractivity contribution in [2.24, 2.45) is 0 Å². The van der Waals surface area contributed by atoms with Gasteiger partial charge in [-0.25, -0.2) is 0 Å². The van der Waals surface area contributed by atoms with E-state index in [9.17, 15) is 14.9 Å². The number of benzene rings is 2. The molecule has 0 saturated carbocycles. The lowest BCUT2D eigenvalue weighted by Gasteiger charge is -2.13. The molecule has 1 aliphatic rings. The van der Waals surface area contributed by atoms with E-state index in [1.54, 1.807) is 37.5 Å². The first kappa shape index (κ1) is 19.7. The van der Waals surface area contributed by atoms with E-state index in [-0.39, 0.29) is 17.7 Å². The molecular formula is C19H12Br2N2O3S. The molecule has 5 nitrogen and oxygen atoms in total. The lowest BCUT2D eigenvalue weighted by molar-refractivity contribution is -0.123. The molecule has 0 bridgehead atoms. The predicted octanol–water partition coefficient (Wildman–Crippen LogP) is 5.33. The maximum atomic E-state index is 12.7. The van der Waals surface area contributed by atoms with Crippen molar-refractivity contribution in [1.29, 1.82) is 5.26 Å². The summed E-state index contributed by atoms with van der Waals surface area (Å²) in [7, 11) is 1.56. The average molecular weight is 508 g/mol. The fourth-order valence-corrected chi connectivity index (χ4v) is 4.97. The van der Waals surface area contributed by atoms with E-state index < -0.39 is 0 Å². The third kappa shape index (κ3) is 4.10. The molecule has 136 valence electrons. The number of nitrogens with zero attached hydrogens (tertiary/aromatic N) is 2. The standard InChI is InChI=1S/C19H12Br2N2O3S/c1-26-17-14(20)6-11(7-15(17)21)8-16-18(24)23(19(25)27-16)10-13-5-3-2-4-12(13)9-22/h2-8H,10H2,1H3/b16-8+. The maximum Gasteiger partial charge on any atom is 0.293 e. The molecule has 3 rings (SSSR count). The Hall–Kier alpha value is -2.08. The van der Waals surface area contributed by atoms with Crippen LogP contribution in [0.3, 0.4) is 0 Å². The second-order valence-electron chi connectivity index (χ2n) is 5.55. The van der Waals surface area contributed by atoms with Gasteiger partial charge >= 0.3 is 0 Å². The van der Waals surface area contributed by atoms with Crippen LogP contribution in [0.4, 0.5) is 4.79 Å². The summed E-state index contributed by atoms with van der Waals surface area (Å²) in [6.45, 7) is 0.0712. The number of carbonyl (C=O) groups is 2. The number of ether oxygens (including phenoxy) is 1. The van der Waals surface area contributed by atoms with Gasteiger partial charge < -0.3 is 4.74 Å². The molecule has 2 aromatic carbocycles. The summed E-state index contributed by atoms with van der Waals surface area (Å²) in [6.07, 6.45) is 1.66. The smallest absolute Gasteiger partial charge is 0.293 e. The lowest BCUT2D eigenvalue weighted by Crippen LogP contribution is -2.27. The van der Waals surface area contributed by atoms with Gasteiger partial charge in [0, 0.05) is 0 Å². The molecule has 1 heterocycles. The van der Waals surface area contributed by atoms with Gasteiger partial charge in [0.25, 0.3) is 11.1 Å². The third-order valence-corrected chi connectivity index (χ3v) is 5.95. The van der Waals surface area contributed by atoms with Gasteiger partial charge in [0.1, 0.15) is 5.75 Å². The van der Waals surface area contributed by atoms with Crippen LogP contribution in [0.15, 0.2) is 50.2 Å². The van der Waals surface area contributed by atoms with Gasteiger partial charge in [-0.1, -0.05) is 18.2 Å². The molecular weight excluding hydrogens is 496 g/mol. The Morgan fingerprint density at radius 3 is 2.52 bits per heavy atom. The number of imide groups is 1. The van der Waals surface area contributed by atoms with Crippen LogP contribution in [-0.2, 0) is 11.3 Å². The van der Waals surface area contributed by atoms with Crippen LogP contribution in [0.25, 0.3) is 6.08 Å². The van der Waals surface area contributed by atoms with E-state index in [1.807, 2.05) is 12.1 Å². The Bertz CT molecular complexity index is 991. The number of rotatable bonds is 4. The highest BCUT2D eigenvalue weighted by Gasteiger charge is 2.35. The van der Waals surface area contributed by atoms with Gasteiger partial charge in [-0.15, -0.1) is 0 Å². The van der Waals surface area contributed by atoms with Gasteiger partial charge in [-0.3, -0.25) is 14.5 Å². The number of methoxy groups -OCH3 is 1. The monoisotopic (exact) mass is 506 g/mol. The van der Waals surface area contributed by atoms with Gasteiger partial charge in [-0.05, 0) is 79.0 Å². The number of halogens is 2. The van der Waals surface area contributed by atoms with E-state index in [0.29, 0.717) is 21.8 Å². The molecule has 0 N–H and O–H groups in total. The van der Waals surface area contributed by atoms with E-state index in [0.717, 1.165) is 31.2 Å². The number of nitriles is 1. The zero-order valence-corrected chi connectivity index (χ0v) is 18.0. The van der Waals surface area contributed by atoms with Gasteiger partial charge in [0.05, 0.1) is 39.1 Å². The van der Waals surface area contributed by atoms with Crippen molar-refractivity contribution < 1.29 is 14.3 Å². The Morgan fingerprint density at radius 2 is 1.89 bits per heavy atom. The molecule has 0 spiro atoms. The Labute approximate surface area is 177 Å². The second kappa shape index (κ2) is 8.30. The maximum absolute atomic E-state index is 12.7. The summed E-state index contributed by atoms with van der Waals surface area (Å²) in [5.74, 6) is 0.272. The number of hydrogen-bond donors (Lipinski definition) is 0. The summed E-state index contributed by atoms with van der Waals surface area (Å²) in [5.41, 5.74) is 1.83. The van der Waals surface area contributed by atoms with E-state index in [1.165, 1.54) is 0 Å². The Kier molecular flexibility index (Phi) is 6.05. The quantitative estimate of drug-likeness (QED) is 0.523. The van der Waals surface area contributed by atoms with Crippen LogP contribution >= 0.6 is 43.6 Å². The summed E-state index contributed by atoms with van der Waals surface area (Å²) < 4.78 is 6.73. The molecule has 0 aliphatic carbocycles. The highest BCUT2D eigenvalue weighted by molar-refractivity contribution is 9.11. The minimum atomic E-state index is -0.374. The topological polar surface area (TPSA) is 70.4 Å². The molecule has 1 saturated heterocycles. The summed E-state index contributed by atoms with van der Waals surface area (Å²) in [4.78, 5) is 26.5. The Morgan fingerprint density at radius 1 is 1.22 bits per heavy atom. The van der Waals surface area contributed by atoms with E-state index >= 15 is 0 Å². The molecule has 0 atom stereocenters. The molecule has 1 fully saturated rings. The highest BCUT2D eigenvalue weighted by atomic mass is 79.9. The van der Waals surface area contributed by atoms with Crippen LogP contribution in [0.1, 0.15) is 16.7 Å². The molecule has 8 heteroatoms. The molecule has 2 aromatic rings. The summed E-state index contributed by atoms with van der Waals surface area (Å²) >= 11 is 7.73. The minimum absolute atomic E-state index is 0.0712. The number of amides is 2. The minimum Gasteiger partial charge on any atom is -0.494 e. The van der Waals surface area contributed by atoms with Crippen LogP contribution in [0.2, 0.25) is 0 Å². The predicted molar refractivity (Wildman–Crippen MR) is 111 cm³/mol. The normalized spacial score (nSPS) is 15.3. The molecule has 0 aromatic heterocycles. The first-order valence-electron chi connectivity index (χ1n) is 7.71. The zero-order valence-electron chi connectivity index (χ0n) is 14.0. The van der Waals surface area contributed by atoms with Gasteiger partial charge in [-0.2, -0.15) is 5.26 Å². The SMILES string of the molecule is COc1c(Br)cc(/C=C2/SC(=O)N(Cc3ccccc3C#N)C2=O)cc1Br. The second-order valence-corrected chi connectivity index (χ2v) is 8.26. The van der Waals surface area contributed by atoms with Crippen molar-refractivity contribution in [2.45, 2.75) is 6.54 Å². The van der Waals surface area contributed by atoms with Crippen LogP contribution in [0.5, 0.6) is 5.75 Å². The number of thioether (sulfide) groups is 1. The van der Waals surface area contributed by atoms with Crippen molar-refractivity contribution in [3.63, 3.8) is 0 Å². The number of carbonyl (C=O) groups excluding carboxylic acids is 2. The molecule has 2 amide bonds. The first-order chi connectivity index (χ1) is 12.9. The molecule has 27 heavy (non-hydrogen) atoms. The fourth-order valence-electron chi connectivity index (χ4n) is 2.58. The van der Waals surface area contributed by atoms with E-state index in [4.69, 9.17) is 4.74 Å². The first-order valence-corrected chi connectivity index (χ1v) is 10.1. The van der Waals surface area contributed by atoms with Crippen LogP contribution in [-0.4, -0.2) is 23.2 Å². The third-order valence-electron chi connectivity index (χ3n) is 3.86. The summed E-state index contributed by atoms with van der Waals surface area (Å²) in [5, 5.41) is 8.84. The van der Waals surface area contributed by atoms with Crippen molar-refractivity contribution in [2.75, 3.05) is 7.11 Å². The molecule has 1 aliphatic heterocycles. The van der Waals surface area contributed by atoms with Gasteiger partial charge in [0.2, 0.25) is 0 Å². The fraction of sp³-hybridized carbons (Fsp3) is 0.105. The van der Waals surface area contributed by atoms with Gasteiger partial charge in [0.15, 0.2) is 0 Å². The van der Waals surface area contributed by atoms with Crippen LogP contribution < -0.4 is 4.74 Å². The molecule has 0 unspecified atom stereocenters. The average Bonchev–Trinajstić information content (AvgIpc) is 2.89.